The lowest BCUT2D eigenvalue weighted by Crippen LogP contribution is -1.85. The maximum atomic E-state index is 9.30. The summed E-state index contributed by atoms with van der Waals surface area (Å²) in [6, 6.07) is 5.12. The molecular weight excluding hydrogens is 180 g/mol. The molecule has 0 atom stereocenters. The van der Waals surface area contributed by atoms with Gasteiger partial charge >= 0.3 is 0 Å². The van der Waals surface area contributed by atoms with Gasteiger partial charge in [-0.05, 0) is 29.9 Å². The fourth-order valence-electron chi connectivity index (χ4n) is 0.869. The van der Waals surface area contributed by atoms with Crippen molar-refractivity contribution in [3.63, 3.8) is 0 Å². The van der Waals surface area contributed by atoms with Gasteiger partial charge < -0.3 is 5.11 Å². The summed E-state index contributed by atoms with van der Waals surface area (Å²) < 4.78 is 0. The van der Waals surface area contributed by atoms with Gasteiger partial charge in [-0.15, -0.1) is 0 Å². The normalized spacial score (nSPS) is 10.0. The Morgan fingerprint density at radius 1 is 1.45 bits per heavy atom. The molecule has 1 nitrogen and oxygen atoms in total. The summed E-state index contributed by atoms with van der Waals surface area (Å²) in [6.07, 6.45) is 0.770. The Morgan fingerprint density at radius 3 is 2.73 bits per heavy atom. The Morgan fingerprint density at radius 2 is 2.18 bits per heavy atom. The number of thiol groups is 1. The zero-order valence-corrected chi connectivity index (χ0v) is 7.57. The van der Waals surface area contributed by atoms with E-state index in [1.54, 1.807) is 12.1 Å². The van der Waals surface area contributed by atoms with Gasteiger partial charge in [0, 0.05) is 5.02 Å². The van der Waals surface area contributed by atoms with E-state index in [4.69, 9.17) is 11.6 Å². The first-order valence-electron chi connectivity index (χ1n) is 3.32. The van der Waals surface area contributed by atoms with Gasteiger partial charge in [-0.25, -0.2) is 0 Å². The van der Waals surface area contributed by atoms with Crippen LogP contribution >= 0.6 is 24.2 Å². The summed E-state index contributed by atoms with van der Waals surface area (Å²) in [5.41, 5.74) is 0.893. The number of phenolic OH excluding ortho intramolecular Hbond substituents is 1. The third-order valence-electron chi connectivity index (χ3n) is 1.43. The predicted molar refractivity (Wildman–Crippen MR) is 50.7 cm³/mol. The van der Waals surface area contributed by atoms with Gasteiger partial charge in [0.2, 0.25) is 0 Å². The predicted octanol–water partition coefficient (Wildman–Crippen LogP) is 2.52. The molecule has 1 aromatic carbocycles. The maximum absolute atomic E-state index is 9.30. The van der Waals surface area contributed by atoms with Gasteiger partial charge in [-0.2, -0.15) is 12.6 Å². The number of rotatable bonds is 2. The van der Waals surface area contributed by atoms with Crippen LogP contribution in [-0.4, -0.2) is 10.9 Å². The average molecular weight is 189 g/mol. The second-order valence-electron chi connectivity index (χ2n) is 2.25. The van der Waals surface area contributed by atoms with E-state index in [-0.39, 0.29) is 5.75 Å². The van der Waals surface area contributed by atoms with Crippen molar-refractivity contribution >= 4 is 24.2 Å². The minimum Gasteiger partial charge on any atom is -0.508 e. The zero-order valence-electron chi connectivity index (χ0n) is 5.92. The van der Waals surface area contributed by atoms with E-state index in [2.05, 4.69) is 12.6 Å². The molecule has 0 aliphatic rings. The second-order valence-corrected chi connectivity index (χ2v) is 3.13. The average Bonchev–Trinajstić information content (AvgIpc) is 1.95. The van der Waals surface area contributed by atoms with Crippen LogP contribution in [-0.2, 0) is 6.42 Å². The van der Waals surface area contributed by atoms with Gasteiger partial charge in [0.05, 0.1) is 0 Å². The van der Waals surface area contributed by atoms with Crippen LogP contribution in [0.1, 0.15) is 5.56 Å². The Kier molecular flexibility index (Phi) is 3.09. The van der Waals surface area contributed by atoms with Crippen LogP contribution in [0.4, 0.5) is 0 Å². The molecule has 1 aromatic rings. The van der Waals surface area contributed by atoms with Crippen molar-refractivity contribution < 1.29 is 5.11 Å². The molecule has 11 heavy (non-hydrogen) atoms. The van der Waals surface area contributed by atoms with Gasteiger partial charge in [0.25, 0.3) is 0 Å². The number of aryl methyl sites for hydroxylation is 1. The van der Waals surface area contributed by atoms with Crippen molar-refractivity contribution in [2.75, 3.05) is 5.75 Å². The number of phenols is 1. The lowest BCUT2D eigenvalue weighted by Gasteiger charge is -2.01. The monoisotopic (exact) mass is 188 g/mol. The van der Waals surface area contributed by atoms with E-state index in [1.165, 1.54) is 0 Å². The van der Waals surface area contributed by atoms with E-state index in [0.717, 1.165) is 17.7 Å². The molecule has 0 aromatic heterocycles. The largest absolute Gasteiger partial charge is 0.508 e. The fourth-order valence-corrected chi connectivity index (χ4v) is 1.28. The third-order valence-corrected chi connectivity index (χ3v) is 1.89. The van der Waals surface area contributed by atoms with Crippen molar-refractivity contribution in [3.8, 4) is 5.75 Å². The fraction of sp³-hybridized carbons (Fsp3) is 0.250. The Bertz CT molecular complexity index is 250. The van der Waals surface area contributed by atoms with Crippen molar-refractivity contribution in [2.45, 2.75) is 6.42 Å². The zero-order chi connectivity index (χ0) is 8.27. The molecule has 0 bridgehead atoms. The molecule has 0 saturated carbocycles. The summed E-state index contributed by atoms with van der Waals surface area (Å²) in [6.45, 7) is 0. The Labute approximate surface area is 76.4 Å². The highest BCUT2D eigenvalue weighted by Crippen LogP contribution is 2.22. The Balaban J connectivity index is 2.90. The quantitative estimate of drug-likeness (QED) is 0.684. The highest BCUT2D eigenvalue weighted by Gasteiger charge is 1.99. The molecule has 3 heteroatoms. The summed E-state index contributed by atoms with van der Waals surface area (Å²) in [7, 11) is 0. The first kappa shape index (κ1) is 8.75. The lowest BCUT2D eigenvalue weighted by atomic mass is 10.1. The van der Waals surface area contributed by atoms with Gasteiger partial charge in [0.1, 0.15) is 5.75 Å². The lowest BCUT2D eigenvalue weighted by molar-refractivity contribution is 0.469. The summed E-state index contributed by atoms with van der Waals surface area (Å²) in [5.74, 6) is 0.987. The third kappa shape index (κ3) is 2.31. The smallest absolute Gasteiger partial charge is 0.120 e. The number of aromatic hydroxyl groups is 1. The van der Waals surface area contributed by atoms with Crippen LogP contribution in [0.25, 0.3) is 0 Å². The molecular formula is C8H9ClOS. The van der Waals surface area contributed by atoms with E-state index in [0.29, 0.717) is 5.02 Å². The number of benzene rings is 1. The molecule has 0 aliphatic heterocycles. The van der Waals surface area contributed by atoms with Gasteiger partial charge in [0.15, 0.2) is 0 Å². The van der Waals surface area contributed by atoms with Crippen molar-refractivity contribution in [3.05, 3.63) is 28.8 Å². The minimum atomic E-state index is 0.256. The molecule has 0 heterocycles. The molecule has 0 saturated heterocycles. The molecule has 60 valence electrons. The minimum absolute atomic E-state index is 0.256. The van der Waals surface area contributed by atoms with Crippen LogP contribution in [0, 0.1) is 0 Å². The standard InChI is InChI=1S/C8H9ClOS/c9-7-2-1-6(3-4-11)8(10)5-7/h1-2,5,10-11H,3-4H2. The highest BCUT2D eigenvalue weighted by molar-refractivity contribution is 7.80. The van der Waals surface area contributed by atoms with Crippen molar-refractivity contribution in [1.82, 2.24) is 0 Å². The summed E-state index contributed by atoms with van der Waals surface area (Å²) in [4.78, 5) is 0. The van der Waals surface area contributed by atoms with Gasteiger partial charge in [-0.3, -0.25) is 0 Å². The highest BCUT2D eigenvalue weighted by atomic mass is 35.5. The Hall–Kier alpha value is -0.340. The van der Waals surface area contributed by atoms with Crippen molar-refractivity contribution in [1.29, 1.82) is 0 Å². The van der Waals surface area contributed by atoms with Crippen LogP contribution in [0.3, 0.4) is 0 Å². The molecule has 0 unspecified atom stereocenters. The van der Waals surface area contributed by atoms with Crippen LogP contribution in [0.5, 0.6) is 5.75 Å². The number of halogens is 1. The van der Waals surface area contributed by atoms with E-state index in [1.807, 2.05) is 6.07 Å². The molecule has 0 aliphatic carbocycles. The maximum Gasteiger partial charge on any atom is 0.120 e. The van der Waals surface area contributed by atoms with E-state index < -0.39 is 0 Å². The summed E-state index contributed by atoms with van der Waals surface area (Å²) in [5, 5.41) is 9.86. The first-order chi connectivity index (χ1) is 5.24. The molecule has 0 fully saturated rings. The second kappa shape index (κ2) is 3.88. The molecule has 1 N–H and O–H groups in total. The van der Waals surface area contributed by atoms with Crippen LogP contribution in [0.15, 0.2) is 18.2 Å². The number of hydrogen-bond donors (Lipinski definition) is 2. The van der Waals surface area contributed by atoms with Crippen molar-refractivity contribution in [2.24, 2.45) is 0 Å². The molecule has 0 amide bonds. The molecule has 0 spiro atoms. The number of hydrogen-bond acceptors (Lipinski definition) is 2. The summed E-state index contributed by atoms with van der Waals surface area (Å²) >= 11 is 9.70. The molecule has 1 rings (SSSR count). The van der Waals surface area contributed by atoms with Gasteiger partial charge in [-0.1, -0.05) is 17.7 Å². The topological polar surface area (TPSA) is 20.2 Å². The molecule has 0 radical (unpaired) electrons. The first-order valence-corrected chi connectivity index (χ1v) is 4.33. The van der Waals surface area contributed by atoms with E-state index in [9.17, 15) is 5.11 Å². The van der Waals surface area contributed by atoms with E-state index >= 15 is 0 Å². The van der Waals surface area contributed by atoms with Crippen LogP contribution < -0.4 is 0 Å². The SMILES string of the molecule is Oc1cc(Cl)ccc1CCS. The van der Waals surface area contributed by atoms with Crippen LogP contribution in [0.2, 0.25) is 5.02 Å².